The molecule has 3 atom stereocenters. The lowest BCUT2D eigenvalue weighted by atomic mass is 9.95. The molecule has 3 rings (SSSR count). The zero-order valence-corrected chi connectivity index (χ0v) is 20.5. The van der Waals surface area contributed by atoms with Crippen LogP contribution in [0.15, 0.2) is 64.5 Å². The lowest BCUT2D eigenvalue weighted by Gasteiger charge is -2.29. The summed E-state index contributed by atoms with van der Waals surface area (Å²) in [5, 5.41) is 13.8. The Labute approximate surface area is 200 Å². The number of hydrogen-bond donors (Lipinski definition) is 3. The summed E-state index contributed by atoms with van der Waals surface area (Å²) in [7, 11) is -3.98. The minimum atomic E-state index is -3.98. The van der Waals surface area contributed by atoms with E-state index in [2.05, 4.69) is 15.0 Å². The predicted octanol–water partition coefficient (Wildman–Crippen LogP) is 2.55. The van der Waals surface area contributed by atoms with Gasteiger partial charge in [-0.05, 0) is 36.0 Å². The Bertz CT molecular complexity index is 1220. The number of aliphatic hydroxyl groups is 1. The summed E-state index contributed by atoms with van der Waals surface area (Å²) in [6.07, 6.45) is 1.72. The van der Waals surface area contributed by atoms with Crippen molar-refractivity contribution in [2.24, 2.45) is 11.8 Å². The number of nitrogens with zero attached hydrogens (tertiary/aromatic N) is 1. The lowest BCUT2D eigenvalue weighted by Crippen LogP contribution is -2.52. The van der Waals surface area contributed by atoms with Gasteiger partial charge in [-0.1, -0.05) is 58.0 Å². The fraction of sp³-hybridized carbons (Fsp3) is 0.400. The van der Waals surface area contributed by atoms with E-state index in [1.807, 2.05) is 45.9 Å². The number of sulfonamides is 1. The van der Waals surface area contributed by atoms with Crippen LogP contribution in [0.3, 0.4) is 0 Å². The zero-order valence-electron chi connectivity index (χ0n) is 19.7. The maximum atomic E-state index is 13.2. The molecule has 1 amide bonds. The van der Waals surface area contributed by atoms with E-state index in [4.69, 9.17) is 0 Å². The molecule has 8 nitrogen and oxygen atoms in total. The van der Waals surface area contributed by atoms with Crippen LogP contribution in [0.5, 0.6) is 0 Å². The van der Waals surface area contributed by atoms with Crippen molar-refractivity contribution < 1.29 is 18.3 Å². The highest BCUT2D eigenvalue weighted by atomic mass is 32.2. The maximum absolute atomic E-state index is 13.2. The van der Waals surface area contributed by atoms with E-state index in [0.717, 1.165) is 5.56 Å². The Hall–Kier alpha value is -2.88. The van der Waals surface area contributed by atoms with Crippen molar-refractivity contribution in [1.82, 2.24) is 15.0 Å². The van der Waals surface area contributed by atoms with Crippen LogP contribution in [0, 0.1) is 11.8 Å². The second-order valence-corrected chi connectivity index (χ2v) is 10.9. The van der Waals surface area contributed by atoms with Gasteiger partial charge in [0.25, 0.3) is 0 Å². The van der Waals surface area contributed by atoms with Gasteiger partial charge in [0.2, 0.25) is 15.9 Å². The Morgan fingerprint density at radius 1 is 1.06 bits per heavy atom. The topological polar surface area (TPSA) is 125 Å². The van der Waals surface area contributed by atoms with Gasteiger partial charge in [0, 0.05) is 23.5 Å². The van der Waals surface area contributed by atoms with E-state index in [1.54, 1.807) is 12.1 Å². The number of carbonyl (C=O) groups excluding carboxylic acids is 1. The average molecular weight is 486 g/mol. The van der Waals surface area contributed by atoms with Gasteiger partial charge < -0.3 is 10.4 Å². The summed E-state index contributed by atoms with van der Waals surface area (Å²) < 4.78 is 28.1. The largest absolute Gasteiger partial charge is 0.386 e. The molecule has 0 bridgehead atoms. The Morgan fingerprint density at radius 3 is 2.29 bits per heavy atom. The van der Waals surface area contributed by atoms with E-state index in [9.17, 15) is 23.1 Å². The van der Waals surface area contributed by atoms with E-state index < -0.39 is 34.1 Å². The molecule has 0 radical (unpaired) electrons. The number of aliphatic hydroxyl groups excluding tert-OH is 1. The molecule has 3 aromatic rings. The third-order valence-electron chi connectivity index (χ3n) is 5.67. The van der Waals surface area contributed by atoms with Crippen LogP contribution in [0.25, 0.3) is 11.1 Å². The first kappa shape index (κ1) is 25.7. The van der Waals surface area contributed by atoms with Crippen LogP contribution in [0.2, 0.25) is 0 Å². The molecule has 0 saturated heterocycles. The molecule has 34 heavy (non-hydrogen) atoms. The predicted molar refractivity (Wildman–Crippen MR) is 130 cm³/mol. The summed E-state index contributed by atoms with van der Waals surface area (Å²) in [5.41, 5.74) is 1.23. The number of hydrogen-bond acceptors (Lipinski definition) is 6. The minimum absolute atomic E-state index is 0.0205. The Kier molecular flexibility index (Phi) is 8.01. The molecular weight excluding hydrogens is 454 g/mol. The van der Waals surface area contributed by atoms with Gasteiger partial charge in [-0.25, -0.2) is 8.42 Å². The summed E-state index contributed by atoms with van der Waals surface area (Å²) in [6.45, 7) is 7.41. The van der Waals surface area contributed by atoms with Crippen LogP contribution < -0.4 is 15.5 Å². The number of aromatic nitrogens is 1. The highest BCUT2D eigenvalue weighted by Crippen LogP contribution is 2.33. The molecule has 2 aromatic carbocycles. The fourth-order valence-corrected chi connectivity index (χ4v) is 5.02. The summed E-state index contributed by atoms with van der Waals surface area (Å²) in [6, 6.07) is 10.1. The van der Waals surface area contributed by atoms with Gasteiger partial charge in [0.05, 0.1) is 6.04 Å². The number of rotatable bonds is 11. The number of carbonyl (C=O) groups is 1. The molecule has 0 aliphatic heterocycles. The van der Waals surface area contributed by atoms with Crippen LogP contribution in [-0.4, -0.2) is 36.5 Å². The lowest BCUT2D eigenvalue weighted by molar-refractivity contribution is -0.125. The number of amides is 1. The summed E-state index contributed by atoms with van der Waals surface area (Å²) in [4.78, 5) is 29.5. The van der Waals surface area contributed by atoms with Crippen molar-refractivity contribution in [2.75, 3.05) is 0 Å². The van der Waals surface area contributed by atoms with E-state index in [0.29, 0.717) is 5.56 Å². The zero-order chi connectivity index (χ0) is 25.0. The quantitative estimate of drug-likeness (QED) is 0.383. The first-order chi connectivity index (χ1) is 16.0. The van der Waals surface area contributed by atoms with Crippen molar-refractivity contribution in [3.05, 3.63) is 70.6 Å². The normalized spacial score (nSPS) is 14.9. The van der Waals surface area contributed by atoms with Gasteiger partial charge in [-0.2, -0.15) is 4.72 Å². The SMILES string of the molecule is CC(C)C[C@H](NS(=O)(=O)c1cccnc1)C(=O)N[C@@H](C(C)C)[C@@H](O)c1c(-c2ccccc2)c1=O. The molecule has 1 aromatic heterocycles. The fourth-order valence-electron chi connectivity index (χ4n) is 3.85. The number of pyridine rings is 1. The maximum Gasteiger partial charge on any atom is 0.242 e. The standard InChI is InChI=1S/C25H31N3O5S/c1-15(2)13-19(28-34(32,33)18-11-8-12-26-14-18)25(31)27-22(16(3)4)24(30)21-20(23(21)29)17-9-6-5-7-10-17/h5-12,14-16,19,22,24,28,30H,13H2,1-4H3,(H,27,31)/t19-,22-,24-/m0/s1. The van der Waals surface area contributed by atoms with Crippen molar-refractivity contribution in [1.29, 1.82) is 0 Å². The van der Waals surface area contributed by atoms with Crippen molar-refractivity contribution >= 4 is 15.9 Å². The van der Waals surface area contributed by atoms with Gasteiger partial charge in [-0.15, -0.1) is 0 Å². The highest BCUT2D eigenvalue weighted by Gasteiger charge is 2.38. The third kappa shape index (κ3) is 5.97. The smallest absolute Gasteiger partial charge is 0.242 e. The number of benzene rings is 1. The van der Waals surface area contributed by atoms with Crippen LogP contribution in [0.1, 0.15) is 45.8 Å². The minimum Gasteiger partial charge on any atom is -0.386 e. The first-order valence-electron chi connectivity index (χ1n) is 11.3. The Balaban J connectivity index is 1.80. The molecule has 0 aliphatic rings. The van der Waals surface area contributed by atoms with Crippen molar-refractivity contribution in [3.63, 3.8) is 0 Å². The molecule has 1 heterocycles. The first-order valence-corrected chi connectivity index (χ1v) is 12.8. The van der Waals surface area contributed by atoms with Crippen molar-refractivity contribution in [2.45, 2.75) is 57.2 Å². The molecule has 3 N–H and O–H groups in total. The Morgan fingerprint density at radius 2 is 1.74 bits per heavy atom. The van der Waals surface area contributed by atoms with Crippen LogP contribution in [0.4, 0.5) is 0 Å². The molecule has 0 spiro atoms. The number of nitrogens with one attached hydrogen (secondary N) is 2. The monoisotopic (exact) mass is 485 g/mol. The molecular formula is C25H31N3O5S. The van der Waals surface area contributed by atoms with Crippen LogP contribution in [-0.2, 0) is 14.8 Å². The highest BCUT2D eigenvalue weighted by molar-refractivity contribution is 7.89. The molecule has 0 unspecified atom stereocenters. The van der Waals surface area contributed by atoms with E-state index in [-0.39, 0.29) is 34.1 Å². The third-order valence-corrected chi connectivity index (χ3v) is 7.13. The average Bonchev–Trinajstić information content (AvgIpc) is 3.47. The second kappa shape index (κ2) is 10.6. The van der Waals surface area contributed by atoms with Gasteiger partial charge in [0.1, 0.15) is 17.0 Å². The molecule has 9 heteroatoms. The molecule has 182 valence electrons. The van der Waals surface area contributed by atoms with Crippen molar-refractivity contribution in [3.8, 4) is 11.1 Å². The second-order valence-electron chi connectivity index (χ2n) is 9.20. The summed E-state index contributed by atoms with van der Waals surface area (Å²) >= 11 is 0. The van der Waals surface area contributed by atoms with E-state index >= 15 is 0 Å². The van der Waals surface area contributed by atoms with Gasteiger partial charge in [0.15, 0.2) is 5.43 Å². The molecule has 0 fully saturated rings. The van der Waals surface area contributed by atoms with Gasteiger partial charge >= 0.3 is 0 Å². The molecule has 0 aliphatic carbocycles. The molecule has 0 saturated carbocycles. The van der Waals surface area contributed by atoms with Gasteiger partial charge in [-0.3, -0.25) is 14.6 Å². The van der Waals surface area contributed by atoms with Crippen LogP contribution >= 0.6 is 0 Å². The summed E-state index contributed by atoms with van der Waals surface area (Å²) in [5.74, 6) is -0.757. The van der Waals surface area contributed by atoms with E-state index in [1.165, 1.54) is 24.5 Å².